The lowest BCUT2D eigenvalue weighted by molar-refractivity contribution is 0.102. The Morgan fingerprint density at radius 3 is 2.59 bits per heavy atom. The topological polar surface area (TPSA) is 54.0 Å². The van der Waals surface area contributed by atoms with Gasteiger partial charge in [0.15, 0.2) is 5.13 Å². The number of nitrogens with one attached hydrogen (secondary N) is 2. The predicted molar refractivity (Wildman–Crippen MR) is 116 cm³/mol. The molecule has 1 heterocycles. The molecule has 1 aromatic heterocycles. The van der Waals surface area contributed by atoms with Gasteiger partial charge in [-0.05, 0) is 48.9 Å². The fourth-order valence-electron chi connectivity index (χ4n) is 2.94. The zero-order chi connectivity index (χ0) is 20.2. The number of carbonyl (C=O) groups excluding carboxylic acids is 1. The van der Waals surface area contributed by atoms with Crippen molar-refractivity contribution in [3.63, 3.8) is 0 Å². The van der Waals surface area contributed by atoms with E-state index in [0.29, 0.717) is 22.1 Å². The fourth-order valence-corrected chi connectivity index (χ4v) is 3.68. The van der Waals surface area contributed by atoms with Crippen molar-refractivity contribution in [2.45, 2.75) is 6.92 Å². The van der Waals surface area contributed by atoms with Crippen LogP contribution in [0.1, 0.15) is 15.9 Å². The summed E-state index contributed by atoms with van der Waals surface area (Å²) in [5.41, 5.74) is 4.58. The molecule has 0 aliphatic carbocycles. The molecule has 4 rings (SSSR count). The molecule has 0 atom stereocenters. The lowest BCUT2D eigenvalue weighted by Crippen LogP contribution is -2.13. The molecule has 0 spiro atoms. The summed E-state index contributed by atoms with van der Waals surface area (Å²) in [6.45, 7) is 1.91. The largest absolute Gasteiger partial charge is 0.331 e. The van der Waals surface area contributed by atoms with E-state index in [9.17, 15) is 9.18 Å². The number of nitrogens with zero attached hydrogens (tertiary/aromatic N) is 1. The fraction of sp³-hybridized carbons (Fsp3) is 0.0435. The van der Waals surface area contributed by atoms with E-state index in [1.807, 2.05) is 54.8 Å². The number of halogens is 1. The van der Waals surface area contributed by atoms with Gasteiger partial charge >= 0.3 is 0 Å². The van der Waals surface area contributed by atoms with Crippen molar-refractivity contribution >= 4 is 33.8 Å². The van der Waals surface area contributed by atoms with Crippen LogP contribution in [0.5, 0.6) is 0 Å². The van der Waals surface area contributed by atoms with E-state index in [1.54, 1.807) is 18.2 Å². The van der Waals surface area contributed by atoms with E-state index in [2.05, 4.69) is 15.6 Å². The highest BCUT2D eigenvalue weighted by Gasteiger charge is 2.10. The maximum absolute atomic E-state index is 13.3. The molecule has 0 aliphatic rings. The Morgan fingerprint density at radius 1 is 0.966 bits per heavy atom. The highest BCUT2D eigenvalue weighted by Crippen LogP contribution is 2.29. The zero-order valence-electron chi connectivity index (χ0n) is 15.6. The molecular weight excluding hydrogens is 385 g/mol. The molecule has 4 nitrogen and oxygen atoms in total. The number of amides is 1. The molecule has 1 amide bonds. The van der Waals surface area contributed by atoms with Crippen molar-refractivity contribution in [2.24, 2.45) is 0 Å². The van der Waals surface area contributed by atoms with Crippen LogP contribution in [0.4, 0.5) is 20.9 Å². The summed E-state index contributed by atoms with van der Waals surface area (Å²) in [6.07, 6.45) is 0. The van der Waals surface area contributed by atoms with Crippen LogP contribution in [-0.4, -0.2) is 10.9 Å². The minimum atomic E-state index is -0.302. The third-order valence-electron chi connectivity index (χ3n) is 4.39. The smallest absolute Gasteiger partial charge is 0.255 e. The molecule has 0 bridgehead atoms. The Kier molecular flexibility index (Phi) is 5.35. The zero-order valence-corrected chi connectivity index (χ0v) is 16.5. The van der Waals surface area contributed by atoms with Gasteiger partial charge in [0.1, 0.15) is 5.82 Å². The van der Waals surface area contributed by atoms with Crippen molar-refractivity contribution in [3.05, 3.63) is 95.1 Å². The van der Waals surface area contributed by atoms with Gasteiger partial charge in [0.05, 0.1) is 5.69 Å². The molecule has 144 valence electrons. The van der Waals surface area contributed by atoms with E-state index in [4.69, 9.17) is 0 Å². The molecule has 2 N–H and O–H groups in total. The summed E-state index contributed by atoms with van der Waals surface area (Å²) in [7, 11) is 0. The Balaban J connectivity index is 1.51. The van der Waals surface area contributed by atoms with Gasteiger partial charge < -0.3 is 10.6 Å². The van der Waals surface area contributed by atoms with Crippen LogP contribution < -0.4 is 10.6 Å². The first kappa shape index (κ1) is 18.8. The standard InChI is InChI=1S/C23H18FN3OS/c1-15-6-2-3-11-20(15)22(28)25-18-9-4-7-16(12-18)21-14-29-23(27-21)26-19-10-5-8-17(24)13-19/h2-14H,1H3,(H,25,28)(H,26,27). The summed E-state index contributed by atoms with van der Waals surface area (Å²) >= 11 is 1.43. The van der Waals surface area contributed by atoms with Crippen molar-refractivity contribution in [1.29, 1.82) is 0 Å². The van der Waals surface area contributed by atoms with Crippen LogP contribution in [0, 0.1) is 12.7 Å². The first-order chi connectivity index (χ1) is 14.1. The van der Waals surface area contributed by atoms with Crippen LogP contribution >= 0.6 is 11.3 Å². The van der Waals surface area contributed by atoms with Crippen molar-refractivity contribution in [2.75, 3.05) is 10.6 Å². The molecule has 3 aromatic carbocycles. The molecular formula is C23H18FN3OS. The van der Waals surface area contributed by atoms with E-state index >= 15 is 0 Å². The van der Waals surface area contributed by atoms with Gasteiger partial charge in [0, 0.05) is 27.9 Å². The Hall–Kier alpha value is -3.51. The average molecular weight is 403 g/mol. The second-order valence-corrected chi connectivity index (χ2v) is 7.38. The van der Waals surface area contributed by atoms with Gasteiger partial charge in [-0.25, -0.2) is 9.37 Å². The number of benzene rings is 3. The maximum atomic E-state index is 13.3. The van der Waals surface area contributed by atoms with E-state index in [1.165, 1.54) is 23.5 Å². The second-order valence-electron chi connectivity index (χ2n) is 6.52. The predicted octanol–water partition coefficient (Wildman–Crippen LogP) is 6.25. The molecule has 6 heteroatoms. The highest BCUT2D eigenvalue weighted by atomic mass is 32.1. The SMILES string of the molecule is Cc1ccccc1C(=O)Nc1cccc(-c2csc(Nc3cccc(F)c3)n2)c1. The minimum Gasteiger partial charge on any atom is -0.331 e. The third kappa shape index (κ3) is 4.50. The van der Waals surface area contributed by atoms with E-state index < -0.39 is 0 Å². The molecule has 0 saturated carbocycles. The van der Waals surface area contributed by atoms with E-state index in [-0.39, 0.29) is 11.7 Å². The summed E-state index contributed by atoms with van der Waals surface area (Å²) in [4.78, 5) is 17.1. The van der Waals surface area contributed by atoms with Crippen LogP contribution in [0.25, 0.3) is 11.3 Å². The second kappa shape index (κ2) is 8.24. The number of rotatable bonds is 5. The Bertz CT molecular complexity index is 1170. The van der Waals surface area contributed by atoms with Gasteiger partial charge in [-0.3, -0.25) is 4.79 Å². The van der Waals surface area contributed by atoms with Gasteiger partial charge in [-0.1, -0.05) is 36.4 Å². The van der Waals surface area contributed by atoms with Crippen molar-refractivity contribution in [1.82, 2.24) is 4.98 Å². The number of hydrogen-bond donors (Lipinski definition) is 2. The lowest BCUT2D eigenvalue weighted by atomic mass is 10.1. The normalized spacial score (nSPS) is 10.6. The first-order valence-corrected chi connectivity index (χ1v) is 9.92. The monoisotopic (exact) mass is 403 g/mol. The molecule has 4 aromatic rings. The number of thiazole rings is 1. The van der Waals surface area contributed by atoms with Crippen LogP contribution in [-0.2, 0) is 0 Å². The van der Waals surface area contributed by atoms with Crippen molar-refractivity contribution in [3.8, 4) is 11.3 Å². The summed E-state index contributed by atoms with van der Waals surface area (Å²) in [5, 5.41) is 8.64. The molecule has 0 unspecified atom stereocenters. The molecule has 0 radical (unpaired) electrons. The third-order valence-corrected chi connectivity index (χ3v) is 5.14. The minimum absolute atomic E-state index is 0.146. The molecule has 29 heavy (non-hydrogen) atoms. The maximum Gasteiger partial charge on any atom is 0.255 e. The number of aromatic nitrogens is 1. The van der Waals surface area contributed by atoms with Gasteiger partial charge in [-0.2, -0.15) is 0 Å². The molecule has 0 aliphatic heterocycles. The molecule has 0 saturated heterocycles. The average Bonchev–Trinajstić information content (AvgIpc) is 3.17. The lowest BCUT2D eigenvalue weighted by Gasteiger charge is -2.08. The summed E-state index contributed by atoms with van der Waals surface area (Å²) < 4.78 is 13.3. The van der Waals surface area contributed by atoms with Crippen LogP contribution in [0.15, 0.2) is 78.2 Å². The highest BCUT2D eigenvalue weighted by molar-refractivity contribution is 7.14. The summed E-state index contributed by atoms with van der Waals surface area (Å²) in [5.74, 6) is -0.448. The van der Waals surface area contributed by atoms with Crippen LogP contribution in [0.3, 0.4) is 0 Å². The number of hydrogen-bond acceptors (Lipinski definition) is 4. The number of aryl methyl sites for hydroxylation is 1. The Labute approximate surface area is 172 Å². The quantitative estimate of drug-likeness (QED) is 0.414. The number of anilines is 3. The number of carbonyl (C=O) groups is 1. The first-order valence-electron chi connectivity index (χ1n) is 9.04. The molecule has 0 fully saturated rings. The Morgan fingerprint density at radius 2 is 1.76 bits per heavy atom. The van der Waals surface area contributed by atoms with Crippen molar-refractivity contribution < 1.29 is 9.18 Å². The van der Waals surface area contributed by atoms with Gasteiger partial charge in [0.25, 0.3) is 5.91 Å². The van der Waals surface area contributed by atoms with E-state index in [0.717, 1.165) is 16.8 Å². The summed E-state index contributed by atoms with van der Waals surface area (Å²) in [6, 6.07) is 21.3. The van der Waals surface area contributed by atoms with Crippen LogP contribution in [0.2, 0.25) is 0 Å². The van der Waals surface area contributed by atoms with Gasteiger partial charge in [-0.15, -0.1) is 11.3 Å². The van der Waals surface area contributed by atoms with Gasteiger partial charge in [0.2, 0.25) is 0 Å².